The van der Waals surface area contributed by atoms with Crippen molar-refractivity contribution in [2.75, 3.05) is 11.4 Å². The number of aliphatic carboxylic acids is 1. The second-order valence-electron chi connectivity index (χ2n) is 6.04. The number of hydrogen-bond acceptors (Lipinski definition) is 4. The molecule has 1 saturated heterocycles. The molecule has 2 heterocycles. The number of hydrogen-bond donors (Lipinski definition) is 1. The maximum absolute atomic E-state index is 12.1. The highest BCUT2D eigenvalue weighted by Gasteiger charge is 2.35. The molecule has 6 nitrogen and oxygen atoms in total. The van der Waals surface area contributed by atoms with Crippen molar-refractivity contribution < 1.29 is 19.1 Å². The van der Waals surface area contributed by atoms with Crippen LogP contribution in [-0.4, -0.2) is 28.5 Å². The van der Waals surface area contributed by atoms with Gasteiger partial charge in [-0.3, -0.25) is 9.59 Å². The molecule has 3 aromatic rings. The molecule has 1 aromatic heterocycles. The molecule has 0 bridgehead atoms. The summed E-state index contributed by atoms with van der Waals surface area (Å²) in [6.07, 6.45) is -0.00441. The summed E-state index contributed by atoms with van der Waals surface area (Å²) in [7, 11) is 0. The van der Waals surface area contributed by atoms with Crippen LogP contribution in [0.2, 0.25) is 10.0 Å². The van der Waals surface area contributed by atoms with Crippen LogP contribution in [0.5, 0.6) is 0 Å². The molecule has 1 aliphatic rings. The minimum absolute atomic E-state index is 0.00441. The lowest BCUT2D eigenvalue weighted by atomic mass is 10.1. The van der Waals surface area contributed by atoms with Crippen LogP contribution in [0.1, 0.15) is 6.42 Å². The Bertz CT molecular complexity index is 1050. The van der Waals surface area contributed by atoms with Gasteiger partial charge in [0.15, 0.2) is 5.58 Å². The number of benzene rings is 2. The molecule has 0 saturated carbocycles. The third kappa shape index (κ3) is 2.91. The maximum Gasteiger partial charge on any atom is 0.308 e. The van der Waals surface area contributed by atoms with Crippen molar-refractivity contribution in [3.8, 4) is 11.5 Å². The highest BCUT2D eigenvalue weighted by atomic mass is 35.5. The van der Waals surface area contributed by atoms with Crippen molar-refractivity contribution in [3.05, 3.63) is 46.4 Å². The Morgan fingerprint density at radius 3 is 2.77 bits per heavy atom. The molecule has 0 aliphatic carbocycles. The van der Waals surface area contributed by atoms with Crippen LogP contribution in [0, 0.1) is 5.92 Å². The Hall–Kier alpha value is -2.57. The number of oxazole rings is 1. The Labute approximate surface area is 157 Å². The van der Waals surface area contributed by atoms with Gasteiger partial charge in [0.25, 0.3) is 0 Å². The van der Waals surface area contributed by atoms with Crippen molar-refractivity contribution in [1.82, 2.24) is 4.98 Å². The summed E-state index contributed by atoms with van der Waals surface area (Å²) >= 11 is 12.2. The van der Waals surface area contributed by atoms with E-state index in [0.717, 1.165) is 0 Å². The van der Waals surface area contributed by atoms with Crippen LogP contribution in [0.15, 0.2) is 40.8 Å². The molecule has 2 aromatic carbocycles. The molecule has 132 valence electrons. The van der Waals surface area contributed by atoms with Crippen molar-refractivity contribution in [3.63, 3.8) is 0 Å². The van der Waals surface area contributed by atoms with Gasteiger partial charge in [-0.25, -0.2) is 4.98 Å². The van der Waals surface area contributed by atoms with Gasteiger partial charge in [0.1, 0.15) is 5.52 Å². The molecule has 0 radical (unpaired) electrons. The number of carboxylic acids is 1. The number of carboxylic acid groups (broad SMARTS) is 1. The van der Waals surface area contributed by atoms with Crippen LogP contribution in [0.25, 0.3) is 22.6 Å². The third-order valence-electron chi connectivity index (χ3n) is 4.32. The number of halogens is 2. The first kappa shape index (κ1) is 16.9. The van der Waals surface area contributed by atoms with Crippen molar-refractivity contribution in [1.29, 1.82) is 0 Å². The highest BCUT2D eigenvalue weighted by molar-refractivity contribution is 6.35. The monoisotopic (exact) mass is 390 g/mol. The lowest BCUT2D eigenvalue weighted by Gasteiger charge is -2.15. The van der Waals surface area contributed by atoms with Gasteiger partial charge >= 0.3 is 5.97 Å². The van der Waals surface area contributed by atoms with E-state index in [9.17, 15) is 9.59 Å². The number of fused-ring (bicyclic) bond motifs is 1. The molecule has 0 unspecified atom stereocenters. The fourth-order valence-electron chi connectivity index (χ4n) is 2.98. The summed E-state index contributed by atoms with van der Waals surface area (Å²) in [5, 5.41) is 10.1. The fourth-order valence-corrected chi connectivity index (χ4v) is 3.35. The molecule has 1 N–H and O–H groups in total. The summed E-state index contributed by atoms with van der Waals surface area (Å²) < 4.78 is 5.74. The largest absolute Gasteiger partial charge is 0.481 e. The van der Waals surface area contributed by atoms with Gasteiger partial charge in [-0.15, -0.1) is 0 Å². The number of nitrogens with zero attached hydrogens (tertiary/aromatic N) is 2. The van der Waals surface area contributed by atoms with Gasteiger partial charge in [0.2, 0.25) is 11.8 Å². The number of anilines is 1. The van der Waals surface area contributed by atoms with Crippen LogP contribution in [0.3, 0.4) is 0 Å². The van der Waals surface area contributed by atoms with Gasteiger partial charge < -0.3 is 14.4 Å². The second kappa shape index (κ2) is 6.30. The number of amides is 1. The first-order valence-corrected chi connectivity index (χ1v) is 8.57. The van der Waals surface area contributed by atoms with Crippen LogP contribution in [-0.2, 0) is 9.59 Å². The smallest absolute Gasteiger partial charge is 0.308 e. The number of rotatable bonds is 3. The van der Waals surface area contributed by atoms with Crippen LogP contribution >= 0.6 is 23.2 Å². The molecule has 26 heavy (non-hydrogen) atoms. The van der Waals surface area contributed by atoms with Gasteiger partial charge in [-0.05, 0) is 36.4 Å². The van der Waals surface area contributed by atoms with E-state index in [0.29, 0.717) is 38.3 Å². The minimum Gasteiger partial charge on any atom is -0.481 e. The standard InChI is InChI=1S/C18H12Cl2N2O4/c19-10-1-3-13(20)12(6-10)17-21-14-7-11(2-4-15(14)26-17)22-8-9(18(24)25)5-16(22)23/h1-4,6-7,9H,5,8H2,(H,24,25)/t9-/m0/s1. The molecule has 8 heteroatoms. The molecule has 1 fully saturated rings. The predicted molar refractivity (Wildman–Crippen MR) is 97.6 cm³/mol. The lowest BCUT2D eigenvalue weighted by Crippen LogP contribution is -2.25. The third-order valence-corrected chi connectivity index (χ3v) is 4.88. The molecule has 1 amide bonds. The summed E-state index contributed by atoms with van der Waals surface area (Å²) in [6.45, 7) is 0.143. The second-order valence-corrected chi connectivity index (χ2v) is 6.88. The van der Waals surface area contributed by atoms with E-state index in [1.807, 2.05) is 0 Å². The number of aromatic nitrogens is 1. The van der Waals surface area contributed by atoms with Gasteiger partial charge in [-0.1, -0.05) is 23.2 Å². The van der Waals surface area contributed by atoms with E-state index in [1.54, 1.807) is 36.4 Å². The zero-order chi connectivity index (χ0) is 18.4. The average Bonchev–Trinajstić information content (AvgIpc) is 3.19. The SMILES string of the molecule is O=C(O)[C@H]1CC(=O)N(c2ccc3oc(-c4cc(Cl)ccc4Cl)nc3c2)C1. The van der Waals surface area contributed by atoms with E-state index in [2.05, 4.69) is 4.98 Å². The Morgan fingerprint density at radius 2 is 2.04 bits per heavy atom. The van der Waals surface area contributed by atoms with Crippen molar-refractivity contribution in [2.24, 2.45) is 5.92 Å². The lowest BCUT2D eigenvalue weighted by molar-refractivity contribution is -0.141. The van der Waals surface area contributed by atoms with Crippen molar-refractivity contribution >= 4 is 51.9 Å². The van der Waals surface area contributed by atoms with Gasteiger partial charge in [0.05, 0.1) is 16.5 Å². The summed E-state index contributed by atoms with van der Waals surface area (Å²) in [5.74, 6) is -1.57. The van der Waals surface area contributed by atoms with E-state index < -0.39 is 11.9 Å². The molecule has 1 atom stereocenters. The quantitative estimate of drug-likeness (QED) is 0.722. The summed E-state index contributed by atoms with van der Waals surface area (Å²) in [4.78, 5) is 29.1. The summed E-state index contributed by atoms with van der Waals surface area (Å²) in [6, 6.07) is 10.1. The number of carbonyl (C=O) groups is 2. The average molecular weight is 391 g/mol. The van der Waals surface area contributed by atoms with Crippen LogP contribution in [0.4, 0.5) is 5.69 Å². The fraction of sp³-hybridized carbons (Fsp3) is 0.167. The zero-order valence-electron chi connectivity index (χ0n) is 13.3. The zero-order valence-corrected chi connectivity index (χ0v) is 14.8. The molecular weight excluding hydrogens is 379 g/mol. The van der Waals surface area contributed by atoms with E-state index in [4.69, 9.17) is 32.7 Å². The first-order valence-electron chi connectivity index (χ1n) is 7.81. The van der Waals surface area contributed by atoms with E-state index in [1.165, 1.54) is 4.90 Å². The first-order chi connectivity index (χ1) is 12.4. The Morgan fingerprint density at radius 1 is 1.23 bits per heavy atom. The predicted octanol–water partition coefficient (Wildman–Crippen LogP) is 4.24. The van der Waals surface area contributed by atoms with E-state index >= 15 is 0 Å². The highest BCUT2D eigenvalue weighted by Crippen LogP contribution is 2.34. The minimum atomic E-state index is -0.971. The molecule has 4 rings (SSSR count). The molecule has 0 spiro atoms. The maximum atomic E-state index is 12.1. The molecular formula is C18H12Cl2N2O4. The normalized spacial score (nSPS) is 17.2. The Kier molecular flexibility index (Phi) is 4.09. The Balaban J connectivity index is 1.72. The number of carbonyl (C=O) groups excluding carboxylic acids is 1. The van der Waals surface area contributed by atoms with Crippen molar-refractivity contribution in [2.45, 2.75) is 6.42 Å². The topological polar surface area (TPSA) is 83.6 Å². The van der Waals surface area contributed by atoms with Crippen LogP contribution < -0.4 is 4.90 Å². The van der Waals surface area contributed by atoms with Gasteiger partial charge in [0, 0.05) is 23.7 Å². The van der Waals surface area contributed by atoms with E-state index in [-0.39, 0.29) is 18.9 Å². The summed E-state index contributed by atoms with van der Waals surface area (Å²) in [5.41, 5.74) is 2.23. The molecule has 1 aliphatic heterocycles. The van der Waals surface area contributed by atoms with Gasteiger partial charge in [-0.2, -0.15) is 0 Å².